The maximum Gasteiger partial charge on any atom is 0.308 e. The molecule has 0 N–H and O–H groups in total. The Hall–Kier alpha value is -2.60. The molecule has 2 rings (SSSR count). The number of benzene rings is 2. The first-order valence-corrected chi connectivity index (χ1v) is 5.94. The lowest BCUT2D eigenvalue weighted by atomic mass is 10.0. The van der Waals surface area contributed by atoms with E-state index in [1.54, 1.807) is 12.1 Å². The number of nitrogens with zero attached hydrogens (tertiary/aromatic N) is 1. The van der Waals surface area contributed by atoms with Gasteiger partial charge in [-0.3, -0.25) is 4.79 Å². The van der Waals surface area contributed by atoms with Gasteiger partial charge in [-0.05, 0) is 29.7 Å². The molecule has 0 aliphatic rings. The molecular formula is C16H13NO2. The predicted molar refractivity (Wildman–Crippen MR) is 71.7 cm³/mol. The number of nitriles is 1. The Morgan fingerprint density at radius 2 is 1.89 bits per heavy atom. The second kappa shape index (κ2) is 5.83. The summed E-state index contributed by atoms with van der Waals surface area (Å²) in [4.78, 5) is 10.9. The van der Waals surface area contributed by atoms with Crippen LogP contribution in [0, 0.1) is 11.3 Å². The summed E-state index contributed by atoms with van der Waals surface area (Å²) in [6.07, 6.45) is 0.746. The lowest BCUT2D eigenvalue weighted by Crippen LogP contribution is -2.03. The van der Waals surface area contributed by atoms with E-state index in [9.17, 15) is 4.79 Å². The van der Waals surface area contributed by atoms with Crippen LogP contribution in [0.25, 0.3) is 0 Å². The molecule has 0 unspecified atom stereocenters. The van der Waals surface area contributed by atoms with Gasteiger partial charge in [0, 0.05) is 6.92 Å². The highest BCUT2D eigenvalue weighted by Gasteiger charge is 2.07. The van der Waals surface area contributed by atoms with Crippen molar-refractivity contribution in [1.29, 1.82) is 5.26 Å². The molecule has 94 valence electrons. The average molecular weight is 251 g/mol. The molecule has 0 spiro atoms. The zero-order valence-corrected chi connectivity index (χ0v) is 10.6. The maximum atomic E-state index is 10.9. The first-order valence-electron chi connectivity index (χ1n) is 5.94. The van der Waals surface area contributed by atoms with Crippen molar-refractivity contribution in [2.24, 2.45) is 0 Å². The molecule has 2 aromatic carbocycles. The molecule has 0 fully saturated rings. The molecule has 0 atom stereocenters. The van der Waals surface area contributed by atoms with Crippen molar-refractivity contribution >= 4 is 5.97 Å². The Bertz CT molecular complexity index is 627. The largest absolute Gasteiger partial charge is 0.425 e. The Morgan fingerprint density at radius 1 is 1.16 bits per heavy atom. The molecule has 19 heavy (non-hydrogen) atoms. The third-order valence-electron chi connectivity index (χ3n) is 2.67. The highest BCUT2D eigenvalue weighted by atomic mass is 16.5. The summed E-state index contributed by atoms with van der Waals surface area (Å²) in [6, 6.07) is 17.3. The van der Waals surface area contributed by atoms with Crippen LogP contribution < -0.4 is 4.74 Å². The van der Waals surface area contributed by atoms with E-state index in [0.29, 0.717) is 11.3 Å². The monoisotopic (exact) mass is 251 g/mol. The van der Waals surface area contributed by atoms with Crippen molar-refractivity contribution in [3.63, 3.8) is 0 Å². The molecule has 2 aromatic rings. The van der Waals surface area contributed by atoms with Gasteiger partial charge in [-0.25, -0.2) is 0 Å². The minimum atomic E-state index is -0.424. The van der Waals surface area contributed by atoms with Crippen molar-refractivity contribution in [3.8, 4) is 11.8 Å². The Morgan fingerprint density at radius 3 is 2.53 bits per heavy atom. The normalized spacial score (nSPS) is 9.68. The minimum Gasteiger partial charge on any atom is -0.425 e. The molecule has 0 amide bonds. The van der Waals surface area contributed by atoms with E-state index in [1.165, 1.54) is 12.5 Å². The summed E-state index contributed by atoms with van der Waals surface area (Å²) in [5, 5.41) is 9.08. The molecule has 0 radical (unpaired) electrons. The average Bonchev–Trinajstić information content (AvgIpc) is 2.41. The molecule has 0 heterocycles. The minimum absolute atomic E-state index is 0.312. The topological polar surface area (TPSA) is 50.1 Å². The van der Waals surface area contributed by atoms with Crippen molar-refractivity contribution in [1.82, 2.24) is 0 Å². The van der Waals surface area contributed by atoms with Gasteiger partial charge in [0.05, 0.1) is 5.56 Å². The van der Waals surface area contributed by atoms with Crippen LogP contribution in [0.15, 0.2) is 48.5 Å². The van der Waals surface area contributed by atoms with Gasteiger partial charge in [0.25, 0.3) is 0 Å². The fourth-order valence-electron chi connectivity index (χ4n) is 1.85. The van der Waals surface area contributed by atoms with E-state index >= 15 is 0 Å². The zero-order valence-electron chi connectivity index (χ0n) is 10.6. The molecule has 3 heteroatoms. The highest BCUT2D eigenvalue weighted by Crippen LogP contribution is 2.21. The Balaban J connectivity index is 2.25. The number of carbonyl (C=O) groups excluding carboxylic acids is 1. The molecule has 0 saturated carbocycles. The van der Waals surface area contributed by atoms with Crippen molar-refractivity contribution < 1.29 is 9.53 Å². The van der Waals surface area contributed by atoms with Crippen LogP contribution in [0.5, 0.6) is 5.75 Å². The Labute approximate surface area is 112 Å². The Kier molecular flexibility index (Phi) is 3.94. The van der Waals surface area contributed by atoms with Gasteiger partial charge in [-0.1, -0.05) is 36.4 Å². The number of ether oxygens (including phenoxy) is 1. The lowest BCUT2D eigenvalue weighted by Gasteiger charge is -2.06. The smallest absolute Gasteiger partial charge is 0.308 e. The van der Waals surface area contributed by atoms with Gasteiger partial charge in [-0.2, -0.15) is 5.26 Å². The molecule has 0 aliphatic carbocycles. The lowest BCUT2D eigenvalue weighted by molar-refractivity contribution is -0.131. The van der Waals surface area contributed by atoms with Crippen LogP contribution in [-0.4, -0.2) is 5.97 Å². The van der Waals surface area contributed by atoms with Crippen LogP contribution in [0.3, 0.4) is 0 Å². The van der Waals surface area contributed by atoms with Crippen molar-refractivity contribution in [2.75, 3.05) is 0 Å². The first kappa shape index (κ1) is 12.8. The van der Waals surface area contributed by atoms with Crippen LogP contribution in [0.2, 0.25) is 0 Å². The zero-order chi connectivity index (χ0) is 13.7. The second-order valence-electron chi connectivity index (χ2n) is 4.20. The van der Waals surface area contributed by atoms with Crippen molar-refractivity contribution in [2.45, 2.75) is 13.3 Å². The summed E-state index contributed by atoms with van der Waals surface area (Å²) in [5.74, 6) is -0.112. The molecule has 0 aliphatic heterocycles. The number of hydrogen-bond donors (Lipinski definition) is 0. The predicted octanol–water partition coefficient (Wildman–Crippen LogP) is 3.07. The summed E-state index contributed by atoms with van der Waals surface area (Å²) in [7, 11) is 0. The number of esters is 1. The number of hydrogen-bond acceptors (Lipinski definition) is 3. The van der Waals surface area contributed by atoms with E-state index in [2.05, 4.69) is 0 Å². The van der Waals surface area contributed by atoms with E-state index in [1.807, 2.05) is 42.5 Å². The number of rotatable bonds is 3. The molecular weight excluding hydrogens is 238 g/mol. The van der Waals surface area contributed by atoms with E-state index in [4.69, 9.17) is 10.00 Å². The van der Waals surface area contributed by atoms with Crippen molar-refractivity contribution in [3.05, 3.63) is 65.2 Å². The molecule has 0 aromatic heterocycles. The summed E-state index contributed by atoms with van der Waals surface area (Å²) in [5.41, 5.74) is 2.56. The van der Waals surface area contributed by atoms with Crippen LogP contribution >= 0.6 is 0 Å². The SMILES string of the molecule is CC(=O)Oc1ccc(Cc2ccccc2)cc1C#N. The summed E-state index contributed by atoms with van der Waals surface area (Å²) >= 11 is 0. The fraction of sp³-hybridized carbons (Fsp3) is 0.125. The third kappa shape index (κ3) is 3.43. The molecule has 0 bridgehead atoms. The third-order valence-corrected chi connectivity index (χ3v) is 2.67. The van der Waals surface area contributed by atoms with Gasteiger partial charge >= 0.3 is 5.97 Å². The van der Waals surface area contributed by atoms with Gasteiger partial charge < -0.3 is 4.74 Å². The van der Waals surface area contributed by atoms with E-state index < -0.39 is 5.97 Å². The quantitative estimate of drug-likeness (QED) is 0.622. The summed E-state index contributed by atoms with van der Waals surface area (Å²) in [6.45, 7) is 1.32. The molecule has 0 saturated heterocycles. The van der Waals surface area contributed by atoms with Gasteiger partial charge in [0.15, 0.2) is 0 Å². The van der Waals surface area contributed by atoms with Gasteiger partial charge in [-0.15, -0.1) is 0 Å². The second-order valence-corrected chi connectivity index (χ2v) is 4.20. The maximum absolute atomic E-state index is 10.9. The summed E-state index contributed by atoms with van der Waals surface area (Å²) < 4.78 is 4.98. The van der Waals surface area contributed by atoms with Crippen LogP contribution in [0.1, 0.15) is 23.6 Å². The van der Waals surface area contributed by atoms with E-state index in [-0.39, 0.29) is 0 Å². The highest BCUT2D eigenvalue weighted by molar-refractivity contribution is 5.70. The van der Waals surface area contributed by atoms with Crippen LogP contribution in [-0.2, 0) is 11.2 Å². The molecule has 3 nitrogen and oxygen atoms in total. The first-order chi connectivity index (χ1) is 9.19. The van der Waals surface area contributed by atoms with E-state index in [0.717, 1.165) is 12.0 Å². The number of carbonyl (C=O) groups is 1. The van der Waals surface area contributed by atoms with Gasteiger partial charge in [0.1, 0.15) is 11.8 Å². The van der Waals surface area contributed by atoms with Crippen LogP contribution in [0.4, 0.5) is 0 Å². The van der Waals surface area contributed by atoms with Gasteiger partial charge in [0.2, 0.25) is 0 Å². The standard InChI is InChI=1S/C16H13NO2/c1-12(18)19-16-8-7-14(10-15(16)11-17)9-13-5-3-2-4-6-13/h2-8,10H,9H2,1H3. The fourth-order valence-corrected chi connectivity index (χ4v) is 1.85.